The summed E-state index contributed by atoms with van der Waals surface area (Å²) in [6, 6.07) is 1.82. The molecule has 78 valence electrons. The molecule has 0 bridgehead atoms. The highest BCUT2D eigenvalue weighted by Gasteiger charge is 2.07. The quantitative estimate of drug-likeness (QED) is 0.760. The van der Waals surface area contributed by atoms with Gasteiger partial charge in [0.2, 0.25) is 0 Å². The Labute approximate surface area is 82.8 Å². The molecule has 0 aliphatic carbocycles. The summed E-state index contributed by atoms with van der Waals surface area (Å²) in [5.41, 5.74) is 0.998. The summed E-state index contributed by atoms with van der Waals surface area (Å²) in [5, 5.41) is 9.41. The fourth-order valence-corrected chi connectivity index (χ4v) is 1.01. The van der Waals surface area contributed by atoms with Crippen LogP contribution in [0, 0.1) is 0 Å². The maximum atomic E-state index is 11.1. The van der Waals surface area contributed by atoms with E-state index in [1.54, 1.807) is 0 Å². The van der Waals surface area contributed by atoms with Gasteiger partial charge in [-0.3, -0.25) is 9.89 Å². The number of hydrogen-bond acceptors (Lipinski definition) is 3. The third kappa shape index (κ3) is 2.85. The predicted octanol–water partition coefficient (Wildman–Crippen LogP) is 1.12. The minimum absolute atomic E-state index is 0.0455. The normalized spacial score (nSPS) is 10.6. The number of aromatic amines is 1. The number of H-pyrrole nitrogens is 1. The Bertz CT molecular complexity index is 307. The molecular formula is C9H15N3O2. The van der Waals surface area contributed by atoms with E-state index in [1.807, 2.05) is 19.9 Å². The van der Waals surface area contributed by atoms with E-state index in [0.29, 0.717) is 11.7 Å². The van der Waals surface area contributed by atoms with Crippen molar-refractivity contribution in [3.8, 4) is 0 Å². The largest absolute Gasteiger partial charge is 0.375 e. The number of anilines is 1. The summed E-state index contributed by atoms with van der Waals surface area (Å²) < 4.78 is 4.68. The van der Waals surface area contributed by atoms with Crippen molar-refractivity contribution in [3.05, 3.63) is 11.8 Å². The summed E-state index contributed by atoms with van der Waals surface area (Å²) in [7, 11) is 1.48. The van der Waals surface area contributed by atoms with Crippen molar-refractivity contribution >= 4 is 11.7 Å². The molecule has 1 aromatic rings. The van der Waals surface area contributed by atoms with Gasteiger partial charge in [-0.1, -0.05) is 13.8 Å². The van der Waals surface area contributed by atoms with Crippen LogP contribution in [0.1, 0.15) is 25.5 Å². The Morgan fingerprint density at radius 3 is 2.93 bits per heavy atom. The lowest BCUT2D eigenvalue weighted by atomic mass is 10.1. The van der Waals surface area contributed by atoms with Crippen molar-refractivity contribution in [2.75, 3.05) is 19.0 Å². The first-order valence-electron chi connectivity index (χ1n) is 4.47. The maximum absolute atomic E-state index is 11.1. The number of carbonyl (C=O) groups is 1. The lowest BCUT2D eigenvalue weighted by molar-refractivity contribution is -0.119. The van der Waals surface area contributed by atoms with Gasteiger partial charge < -0.3 is 10.1 Å². The number of aromatic nitrogens is 2. The molecule has 0 aromatic carbocycles. The van der Waals surface area contributed by atoms with E-state index < -0.39 is 0 Å². The van der Waals surface area contributed by atoms with E-state index in [2.05, 4.69) is 20.3 Å². The molecule has 0 aliphatic rings. The molecule has 1 amide bonds. The first-order chi connectivity index (χ1) is 6.63. The number of rotatable bonds is 4. The van der Waals surface area contributed by atoms with E-state index in [0.717, 1.165) is 5.69 Å². The van der Waals surface area contributed by atoms with Crippen LogP contribution in [0.5, 0.6) is 0 Å². The number of nitrogens with one attached hydrogen (secondary N) is 2. The Kier molecular flexibility index (Phi) is 3.64. The Morgan fingerprint density at radius 2 is 2.43 bits per heavy atom. The van der Waals surface area contributed by atoms with Crippen LogP contribution in [0.3, 0.4) is 0 Å². The fraction of sp³-hybridized carbons (Fsp3) is 0.556. The third-order valence-corrected chi connectivity index (χ3v) is 1.76. The lowest BCUT2D eigenvalue weighted by Crippen LogP contribution is -2.17. The van der Waals surface area contributed by atoms with Crippen LogP contribution in [-0.2, 0) is 9.53 Å². The second-order valence-electron chi connectivity index (χ2n) is 3.34. The molecule has 14 heavy (non-hydrogen) atoms. The molecule has 0 spiro atoms. The minimum Gasteiger partial charge on any atom is -0.375 e. The number of ether oxygens (including phenoxy) is 1. The highest BCUT2D eigenvalue weighted by molar-refractivity contribution is 5.90. The average Bonchev–Trinajstić information content (AvgIpc) is 2.53. The molecular weight excluding hydrogens is 182 g/mol. The van der Waals surface area contributed by atoms with Gasteiger partial charge in [-0.15, -0.1) is 0 Å². The van der Waals surface area contributed by atoms with Crippen LogP contribution in [0.4, 0.5) is 5.82 Å². The summed E-state index contributed by atoms with van der Waals surface area (Å²) in [6.07, 6.45) is 0. The zero-order valence-electron chi connectivity index (χ0n) is 8.63. The molecule has 1 rings (SSSR count). The van der Waals surface area contributed by atoms with Crippen LogP contribution in [-0.4, -0.2) is 29.8 Å². The second kappa shape index (κ2) is 4.76. The van der Waals surface area contributed by atoms with Gasteiger partial charge in [0.1, 0.15) is 6.61 Å². The number of nitrogens with zero attached hydrogens (tertiary/aromatic N) is 1. The number of carbonyl (C=O) groups excluding carboxylic acids is 1. The molecule has 0 atom stereocenters. The molecule has 1 heterocycles. The van der Waals surface area contributed by atoms with Gasteiger partial charge in [0.15, 0.2) is 5.82 Å². The number of methoxy groups -OCH3 is 1. The highest BCUT2D eigenvalue weighted by atomic mass is 16.5. The average molecular weight is 197 g/mol. The molecule has 0 unspecified atom stereocenters. The molecule has 0 aliphatic heterocycles. The minimum atomic E-state index is -0.200. The molecule has 2 N–H and O–H groups in total. The van der Waals surface area contributed by atoms with Gasteiger partial charge in [0, 0.05) is 18.9 Å². The first kappa shape index (κ1) is 10.7. The van der Waals surface area contributed by atoms with Crippen molar-refractivity contribution in [1.82, 2.24) is 10.2 Å². The lowest BCUT2D eigenvalue weighted by Gasteiger charge is -1.99. The Balaban J connectivity index is 2.55. The van der Waals surface area contributed by atoms with Gasteiger partial charge >= 0.3 is 0 Å². The highest BCUT2D eigenvalue weighted by Crippen LogP contribution is 2.14. The monoisotopic (exact) mass is 197 g/mol. The van der Waals surface area contributed by atoms with Crippen molar-refractivity contribution in [1.29, 1.82) is 0 Å². The topological polar surface area (TPSA) is 67.0 Å². The SMILES string of the molecule is COCC(=O)Nc1cc(C(C)C)[nH]n1. The zero-order valence-corrected chi connectivity index (χ0v) is 8.63. The van der Waals surface area contributed by atoms with Crippen LogP contribution < -0.4 is 5.32 Å². The Hall–Kier alpha value is -1.36. The molecule has 0 saturated heterocycles. The fourth-order valence-electron chi connectivity index (χ4n) is 1.01. The van der Waals surface area contributed by atoms with Gasteiger partial charge in [0.25, 0.3) is 5.91 Å². The van der Waals surface area contributed by atoms with Crippen LogP contribution in [0.15, 0.2) is 6.07 Å². The summed E-state index contributed by atoms with van der Waals surface area (Å²) in [4.78, 5) is 11.1. The first-order valence-corrected chi connectivity index (χ1v) is 4.47. The Morgan fingerprint density at radius 1 is 1.71 bits per heavy atom. The van der Waals surface area contributed by atoms with Gasteiger partial charge in [-0.2, -0.15) is 5.10 Å². The van der Waals surface area contributed by atoms with E-state index in [-0.39, 0.29) is 12.5 Å². The molecule has 5 heteroatoms. The van der Waals surface area contributed by atoms with Gasteiger partial charge in [0.05, 0.1) is 0 Å². The second-order valence-corrected chi connectivity index (χ2v) is 3.34. The summed E-state index contributed by atoms with van der Waals surface area (Å²) >= 11 is 0. The van der Waals surface area contributed by atoms with Crippen molar-refractivity contribution in [2.24, 2.45) is 0 Å². The number of hydrogen-bond donors (Lipinski definition) is 2. The molecule has 0 radical (unpaired) electrons. The molecule has 1 aromatic heterocycles. The van der Waals surface area contributed by atoms with Crippen LogP contribution in [0.2, 0.25) is 0 Å². The molecule has 5 nitrogen and oxygen atoms in total. The molecule has 0 fully saturated rings. The van der Waals surface area contributed by atoms with E-state index in [1.165, 1.54) is 7.11 Å². The van der Waals surface area contributed by atoms with Crippen molar-refractivity contribution < 1.29 is 9.53 Å². The standard InChI is InChI=1S/C9H15N3O2/c1-6(2)7-4-8(12-11-7)10-9(13)5-14-3/h4,6H,5H2,1-3H3,(H2,10,11,12,13). The van der Waals surface area contributed by atoms with Gasteiger partial charge in [-0.25, -0.2) is 0 Å². The maximum Gasteiger partial charge on any atom is 0.251 e. The summed E-state index contributed by atoms with van der Waals surface area (Å²) in [5.74, 6) is 0.709. The van der Waals surface area contributed by atoms with Crippen LogP contribution in [0.25, 0.3) is 0 Å². The van der Waals surface area contributed by atoms with E-state index in [4.69, 9.17) is 0 Å². The van der Waals surface area contributed by atoms with E-state index >= 15 is 0 Å². The zero-order chi connectivity index (χ0) is 10.6. The van der Waals surface area contributed by atoms with Crippen LogP contribution >= 0.6 is 0 Å². The summed E-state index contributed by atoms with van der Waals surface area (Å²) in [6.45, 7) is 4.15. The van der Waals surface area contributed by atoms with Crippen molar-refractivity contribution in [2.45, 2.75) is 19.8 Å². The third-order valence-electron chi connectivity index (χ3n) is 1.76. The predicted molar refractivity (Wildman–Crippen MR) is 53.2 cm³/mol. The number of amides is 1. The smallest absolute Gasteiger partial charge is 0.251 e. The molecule has 0 saturated carbocycles. The van der Waals surface area contributed by atoms with E-state index in [9.17, 15) is 4.79 Å². The van der Waals surface area contributed by atoms with Crippen molar-refractivity contribution in [3.63, 3.8) is 0 Å². The van der Waals surface area contributed by atoms with Gasteiger partial charge in [-0.05, 0) is 5.92 Å².